The second-order valence-corrected chi connectivity index (χ2v) is 5.48. The van der Waals surface area contributed by atoms with Crippen molar-refractivity contribution in [3.63, 3.8) is 0 Å². The highest BCUT2D eigenvalue weighted by molar-refractivity contribution is 7.98. The van der Waals surface area contributed by atoms with Crippen molar-refractivity contribution < 1.29 is 5.11 Å². The first-order valence-corrected chi connectivity index (χ1v) is 7.84. The summed E-state index contributed by atoms with van der Waals surface area (Å²) in [6.07, 6.45) is 3.91. The maximum Gasteiger partial charge on any atom is 0.0926 e. The van der Waals surface area contributed by atoms with Crippen LogP contribution < -0.4 is 5.32 Å². The molecule has 0 spiro atoms. The van der Waals surface area contributed by atoms with Gasteiger partial charge in [0.25, 0.3) is 0 Å². The number of aryl methyl sites for hydroxylation is 1. The van der Waals surface area contributed by atoms with Crippen molar-refractivity contribution >= 4 is 23.1 Å². The molecule has 1 atom stereocenters. The molecule has 1 rings (SSSR count). The monoisotopic (exact) mass is 260 g/mol. The molecule has 5 heteroatoms. The summed E-state index contributed by atoms with van der Waals surface area (Å²) in [7, 11) is 0. The van der Waals surface area contributed by atoms with Crippen molar-refractivity contribution in [2.45, 2.75) is 32.4 Å². The Morgan fingerprint density at radius 2 is 2.44 bits per heavy atom. The third-order valence-electron chi connectivity index (χ3n) is 2.32. The number of thiazole rings is 1. The second-order valence-electron chi connectivity index (χ2n) is 3.63. The minimum atomic E-state index is 0.246. The molecule has 1 aromatic heterocycles. The average Bonchev–Trinajstić information content (AvgIpc) is 2.74. The second kappa shape index (κ2) is 8.06. The summed E-state index contributed by atoms with van der Waals surface area (Å²) in [5, 5.41) is 15.7. The molecule has 1 unspecified atom stereocenters. The zero-order valence-corrected chi connectivity index (χ0v) is 11.5. The summed E-state index contributed by atoms with van der Waals surface area (Å²) in [6.45, 7) is 3.18. The number of aromatic nitrogens is 1. The summed E-state index contributed by atoms with van der Waals surface area (Å²) >= 11 is 3.53. The van der Waals surface area contributed by atoms with Crippen LogP contribution in [0.15, 0.2) is 5.38 Å². The lowest BCUT2D eigenvalue weighted by molar-refractivity contribution is 0.269. The van der Waals surface area contributed by atoms with Crippen LogP contribution in [-0.4, -0.2) is 34.7 Å². The Kier molecular flexibility index (Phi) is 7.03. The Bertz CT molecular complexity index is 285. The van der Waals surface area contributed by atoms with Gasteiger partial charge in [0, 0.05) is 30.3 Å². The summed E-state index contributed by atoms with van der Waals surface area (Å²) in [5.41, 5.74) is 1.12. The highest BCUT2D eigenvalue weighted by atomic mass is 32.2. The van der Waals surface area contributed by atoms with Crippen LogP contribution in [0.5, 0.6) is 0 Å². The molecule has 2 N–H and O–H groups in total. The van der Waals surface area contributed by atoms with Gasteiger partial charge in [0.2, 0.25) is 0 Å². The Labute approximate surface area is 106 Å². The van der Waals surface area contributed by atoms with Crippen molar-refractivity contribution in [2.24, 2.45) is 0 Å². The normalized spacial score (nSPS) is 12.9. The number of rotatable bonds is 8. The highest BCUT2D eigenvalue weighted by Crippen LogP contribution is 2.10. The van der Waals surface area contributed by atoms with E-state index in [4.69, 9.17) is 5.11 Å². The molecule has 0 aliphatic carbocycles. The minimum Gasteiger partial charge on any atom is -0.396 e. The van der Waals surface area contributed by atoms with E-state index in [1.807, 2.05) is 0 Å². The zero-order valence-electron chi connectivity index (χ0n) is 9.90. The molecule has 16 heavy (non-hydrogen) atoms. The van der Waals surface area contributed by atoms with Crippen LogP contribution in [0, 0.1) is 0 Å². The number of nitrogens with zero attached hydrogens (tertiary/aromatic N) is 1. The van der Waals surface area contributed by atoms with Gasteiger partial charge in [-0.1, -0.05) is 6.92 Å². The number of aliphatic hydroxyl groups excluding tert-OH is 1. The van der Waals surface area contributed by atoms with Gasteiger partial charge in [0.05, 0.1) is 10.7 Å². The van der Waals surface area contributed by atoms with Crippen LogP contribution in [0.1, 0.15) is 24.0 Å². The van der Waals surface area contributed by atoms with E-state index >= 15 is 0 Å². The van der Waals surface area contributed by atoms with E-state index in [9.17, 15) is 0 Å². The van der Waals surface area contributed by atoms with Gasteiger partial charge in [-0.15, -0.1) is 11.3 Å². The van der Waals surface area contributed by atoms with Gasteiger partial charge in [-0.05, 0) is 19.1 Å². The summed E-state index contributed by atoms with van der Waals surface area (Å²) in [6, 6.07) is 0.381. The maximum absolute atomic E-state index is 8.94. The van der Waals surface area contributed by atoms with Crippen molar-refractivity contribution in [2.75, 3.05) is 18.6 Å². The molecular formula is C11H20N2OS2. The first-order chi connectivity index (χ1) is 7.80. The smallest absolute Gasteiger partial charge is 0.0926 e. The number of thioether (sulfide) groups is 1. The lowest BCUT2D eigenvalue weighted by Gasteiger charge is -2.15. The van der Waals surface area contributed by atoms with E-state index in [2.05, 4.69) is 28.9 Å². The summed E-state index contributed by atoms with van der Waals surface area (Å²) < 4.78 is 0. The van der Waals surface area contributed by atoms with Crippen LogP contribution >= 0.6 is 23.1 Å². The molecule has 0 bridgehead atoms. The standard InChI is InChI=1S/C11H20N2OS2/c1-3-11-13-10(8-16-11)6-12-9(4-5-14)7-15-2/h8-9,12,14H,3-7H2,1-2H3. The molecule has 1 heterocycles. The fourth-order valence-corrected chi connectivity index (χ4v) is 2.87. The first kappa shape index (κ1) is 14.0. The van der Waals surface area contributed by atoms with E-state index in [0.717, 1.165) is 30.8 Å². The largest absolute Gasteiger partial charge is 0.396 e. The molecule has 3 nitrogen and oxygen atoms in total. The van der Waals surface area contributed by atoms with Gasteiger partial charge in [0.1, 0.15) is 0 Å². The molecule has 92 valence electrons. The van der Waals surface area contributed by atoms with Crippen LogP contribution in [0.2, 0.25) is 0 Å². The first-order valence-electron chi connectivity index (χ1n) is 5.56. The molecular weight excluding hydrogens is 240 g/mol. The third kappa shape index (κ3) is 4.82. The van der Waals surface area contributed by atoms with E-state index in [0.29, 0.717) is 6.04 Å². The van der Waals surface area contributed by atoms with E-state index in [1.165, 1.54) is 5.01 Å². The maximum atomic E-state index is 8.94. The number of hydrogen-bond acceptors (Lipinski definition) is 5. The van der Waals surface area contributed by atoms with Crippen LogP contribution in [0.4, 0.5) is 0 Å². The zero-order chi connectivity index (χ0) is 11.8. The number of aliphatic hydroxyl groups is 1. The molecule has 0 fully saturated rings. The molecule has 0 radical (unpaired) electrons. The van der Waals surface area contributed by atoms with Gasteiger partial charge in [-0.25, -0.2) is 4.98 Å². The molecule has 1 aromatic rings. The minimum absolute atomic E-state index is 0.246. The van der Waals surface area contributed by atoms with Crippen LogP contribution in [0.3, 0.4) is 0 Å². The topological polar surface area (TPSA) is 45.2 Å². The lowest BCUT2D eigenvalue weighted by atomic mass is 10.2. The predicted molar refractivity (Wildman–Crippen MR) is 72.2 cm³/mol. The van der Waals surface area contributed by atoms with Gasteiger partial charge in [-0.2, -0.15) is 11.8 Å². The van der Waals surface area contributed by atoms with Gasteiger partial charge in [0.15, 0.2) is 0 Å². The van der Waals surface area contributed by atoms with Crippen molar-refractivity contribution in [3.8, 4) is 0 Å². The van der Waals surface area contributed by atoms with Crippen molar-refractivity contribution in [1.29, 1.82) is 0 Å². The van der Waals surface area contributed by atoms with Gasteiger partial charge in [-0.3, -0.25) is 0 Å². The van der Waals surface area contributed by atoms with E-state index < -0.39 is 0 Å². The Morgan fingerprint density at radius 3 is 3.00 bits per heavy atom. The third-order valence-corrected chi connectivity index (χ3v) is 4.10. The number of nitrogens with one attached hydrogen (secondary N) is 1. The SMILES string of the molecule is CCc1nc(CNC(CCO)CSC)cs1. The molecule has 0 aliphatic rings. The van der Waals surface area contributed by atoms with E-state index in [-0.39, 0.29) is 6.61 Å². The Balaban J connectivity index is 2.35. The lowest BCUT2D eigenvalue weighted by Crippen LogP contribution is -2.31. The van der Waals surface area contributed by atoms with Crippen LogP contribution in [0.25, 0.3) is 0 Å². The molecule has 0 aliphatic heterocycles. The highest BCUT2D eigenvalue weighted by Gasteiger charge is 2.07. The van der Waals surface area contributed by atoms with Crippen molar-refractivity contribution in [1.82, 2.24) is 10.3 Å². The predicted octanol–water partition coefficient (Wildman–Crippen LogP) is 1.91. The van der Waals surface area contributed by atoms with Gasteiger partial charge < -0.3 is 10.4 Å². The molecule has 0 saturated carbocycles. The van der Waals surface area contributed by atoms with Crippen molar-refractivity contribution in [3.05, 3.63) is 16.1 Å². The average molecular weight is 260 g/mol. The fraction of sp³-hybridized carbons (Fsp3) is 0.727. The van der Waals surface area contributed by atoms with E-state index in [1.54, 1.807) is 23.1 Å². The van der Waals surface area contributed by atoms with Crippen LogP contribution in [-0.2, 0) is 13.0 Å². The molecule has 0 aromatic carbocycles. The molecule has 0 saturated heterocycles. The Morgan fingerprint density at radius 1 is 1.62 bits per heavy atom. The Hall–Kier alpha value is -0.100. The van der Waals surface area contributed by atoms with Gasteiger partial charge >= 0.3 is 0 Å². The summed E-state index contributed by atoms with van der Waals surface area (Å²) in [4.78, 5) is 4.51. The fourth-order valence-electron chi connectivity index (χ4n) is 1.44. The number of hydrogen-bond donors (Lipinski definition) is 2. The molecule has 0 amide bonds. The summed E-state index contributed by atoms with van der Waals surface area (Å²) in [5.74, 6) is 1.03. The quantitative estimate of drug-likeness (QED) is 0.749.